The highest BCUT2D eigenvalue weighted by atomic mass is 32.1. The maximum absolute atomic E-state index is 5.47. The molecule has 2 aromatic heterocycles. The third kappa shape index (κ3) is 3.43. The van der Waals surface area contributed by atoms with E-state index in [-0.39, 0.29) is 0 Å². The first-order valence-electron chi connectivity index (χ1n) is 8.73. The van der Waals surface area contributed by atoms with Gasteiger partial charge in [-0.3, -0.25) is 0 Å². The number of likely N-dealkylation sites (N-methyl/N-ethyl adjacent to an activating group) is 1. The number of nitrogens with zero attached hydrogens (tertiary/aromatic N) is 4. The Balaban J connectivity index is 1.61. The first kappa shape index (κ1) is 17.0. The Kier molecular flexibility index (Phi) is 4.86. The first-order valence-corrected chi connectivity index (χ1v) is 9.61. The van der Waals surface area contributed by atoms with Gasteiger partial charge in [0.05, 0.1) is 12.8 Å². The van der Waals surface area contributed by atoms with Crippen LogP contribution in [0, 0.1) is 0 Å². The van der Waals surface area contributed by atoms with Gasteiger partial charge in [0.2, 0.25) is 0 Å². The molecule has 3 aromatic rings. The zero-order valence-electron chi connectivity index (χ0n) is 15.1. The molecule has 1 aliphatic rings. The molecular weight excluding hydrogens is 344 g/mol. The highest BCUT2D eigenvalue weighted by Crippen LogP contribution is 2.34. The van der Waals surface area contributed by atoms with Crippen LogP contribution in [-0.4, -0.2) is 55.2 Å². The predicted molar refractivity (Wildman–Crippen MR) is 107 cm³/mol. The summed E-state index contributed by atoms with van der Waals surface area (Å²) in [5.74, 6) is 1.88. The van der Waals surface area contributed by atoms with Gasteiger partial charge in [0.25, 0.3) is 0 Å². The predicted octanol–water partition coefficient (Wildman–Crippen LogP) is 3.63. The van der Waals surface area contributed by atoms with Crippen LogP contribution in [0.3, 0.4) is 0 Å². The lowest BCUT2D eigenvalue weighted by atomic mass is 10.1. The standard InChI is InChI=1S/C20H22N4OS/c1-23-9-11-24(12-10-23)19-13-15(7-8-21-19)20-22-17(14-26-20)16-5-3-4-6-18(16)25-2/h3-8,13-14H,9-12H2,1-2H3. The van der Waals surface area contributed by atoms with Crippen molar-refractivity contribution in [1.29, 1.82) is 0 Å². The van der Waals surface area contributed by atoms with Crippen molar-refractivity contribution in [2.45, 2.75) is 0 Å². The number of anilines is 1. The molecule has 1 aliphatic heterocycles. The maximum atomic E-state index is 5.47. The van der Waals surface area contributed by atoms with Gasteiger partial charge in [0.15, 0.2) is 0 Å². The third-order valence-electron chi connectivity index (χ3n) is 4.71. The molecule has 1 fully saturated rings. The monoisotopic (exact) mass is 366 g/mol. The van der Waals surface area contributed by atoms with E-state index in [1.54, 1.807) is 18.4 Å². The number of hydrogen-bond acceptors (Lipinski definition) is 6. The van der Waals surface area contributed by atoms with Gasteiger partial charge in [-0.05, 0) is 31.3 Å². The zero-order chi connectivity index (χ0) is 17.9. The molecule has 6 heteroatoms. The molecule has 0 aliphatic carbocycles. The van der Waals surface area contributed by atoms with Crippen LogP contribution in [0.4, 0.5) is 5.82 Å². The molecule has 0 bridgehead atoms. The number of piperazine rings is 1. The van der Waals surface area contributed by atoms with E-state index in [0.717, 1.165) is 59.6 Å². The van der Waals surface area contributed by atoms with Crippen LogP contribution in [-0.2, 0) is 0 Å². The van der Waals surface area contributed by atoms with Gasteiger partial charge in [-0.25, -0.2) is 9.97 Å². The molecule has 0 unspecified atom stereocenters. The number of pyridine rings is 1. The summed E-state index contributed by atoms with van der Waals surface area (Å²) in [7, 11) is 3.85. The molecule has 134 valence electrons. The lowest BCUT2D eigenvalue weighted by molar-refractivity contribution is 0.312. The Hall–Kier alpha value is -2.44. The molecule has 0 spiro atoms. The zero-order valence-corrected chi connectivity index (χ0v) is 15.9. The van der Waals surface area contributed by atoms with Crippen LogP contribution in [0.1, 0.15) is 0 Å². The van der Waals surface area contributed by atoms with Crippen molar-refractivity contribution in [2.75, 3.05) is 45.2 Å². The van der Waals surface area contributed by atoms with E-state index in [9.17, 15) is 0 Å². The van der Waals surface area contributed by atoms with Gasteiger partial charge >= 0.3 is 0 Å². The topological polar surface area (TPSA) is 41.5 Å². The maximum Gasteiger partial charge on any atom is 0.129 e. The van der Waals surface area contributed by atoms with E-state index < -0.39 is 0 Å². The van der Waals surface area contributed by atoms with Crippen molar-refractivity contribution in [1.82, 2.24) is 14.9 Å². The van der Waals surface area contributed by atoms with E-state index in [1.807, 2.05) is 36.5 Å². The second-order valence-corrected chi connectivity index (χ2v) is 7.29. The van der Waals surface area contributed by atoms with E-state index in [0.29, 0.717) is 0 Å². The number of benzene rings is 1. The van der Waals surface area contributed by atoms with Crippen molar-refractivity contribution in [2.24, 2.45) is 0 Å². The fraction of sp³-hybridized carbons (Fsp3) is 0.300. The van der Waals surface area contributed by atoms with Gasteiger partial charge in [-0.1, -0.05) is 12.1 Å². The molecule has 3 heterocycles. The number of para-hydroxylation sites is 1. The molecule has 1 aromatic carbocycles. The number of ether oxygens (including phenoxy) is 1. The second-order valence-electron chi connectivity index (χ2n) is 6.43. The second kappa shape index (κ2) is 7.43. The van der Waals surface area contributed by atoms with Gasteiger partial charge in [0, 0.05) is 48.9 Å². The quantitative estimate of drug-likeness (QED) is 0.705. The Morgan fingerprint density at radius 2 is 1.88 bits per heavy atom. The van der Waals surface area contributed by atoms with Crippen LogP contribution < -0.4 is 9.64 Å². The summed E-state index contributed by atoms with van der Waals surface area (Å²) in [5, 5.41) is 3.09. The Morgan fingerprint density at radius 3 is 2.69 bits per heavy atom. The van der Waals surface area contributed by atoms with Gasteiger partial charge in [-0.2, -0.15) is 0 Å². The molecule has 0 N–H and O–H groups in total. The van der Waals surface area contributed by atoms with Crippen LogP contribution in [0.5, 0.6) is 5.75 Å². The van der Waals surface area contributed by atoms with Crippen LogP contribution in [0.15, 0.2) is 48.0 Å². The Morgan fingerprint density at radius 1 is 1.08 bits per heavy atom. The summed E-state index contributed by atoms with van der Waals surface area (Å²) in [6, 6.07) is 12.2. The molecule has 26 heavy (non-hydrogen) atoms. The number of methoxy groups -OCH3 is 1. The summed E-state index contributed by atoms with van der Waals surface area (Å²) in [6.07, 6.45) is 1.88. The summed E-state index contributed by atoms with van der Waals surface area (Å²) in [6.45, 7) is 4.16. The highest BCUT2D eigenvalue weighted by Gasteiger charge is 2.17. The van der Waals surface area contributed by atoms with Crippen molar-refractivity contribution in [3.05, 3.63) is 48.0 Å². The molecular formula is C20H22N4OS. The molecule has 0 amide bonds. The van der Waals surface area contributed by atoms with Crippen LogP contribution in [0.25, 0.3) is 21.8 Å². The minimum atomic E-state index is 0.845. The summed E-state index contributed by atoms with van der Waals surface area (Å²) >= 11 is 1.65. The summed E-state index contributed by atoms with van der Waals surface area (Å²) in [5.41, 5.74) is 3.08. The fourth-order valence-corrected chi connectivity index (χ4v) is 3.96. The third-order valence-corrected chi connectivity index (χ3v) is 5.60. The Bertz CT molecular complexity index is 887. The minimum Gasteiger partial charge on any atom is -0.496 e. The smallest absolute Gasteiger partial charge is 0.129 e. The highest BCUT2D eigenvalue weighted by molar-refractivity contribution is 7.13. The largest absolute Gasteiger partial charge is 0.496 e. The van der Waals surface area contributed by atoms with Crippen molar-refractivity contribution in [3.63, 3.8) is 0 Å². The normalized spacial score (nSPS) is 15.2. The van der Waals surface area contributed by atoms with Crippen LogP contribution >= 0.6 is 11.3 Å². The summed E-state index contributed by atoms with van der Waals surface area (Å²) < 4.78 is 5.47. The molecule has 1 saturated heterocycles. The average Bonchev–Trinajstić information content (AvgIpc) is 3.19. The van der Waals surface area contributed by atoms with E-state index in [1.165, 1.54) is 0 Å². The lowest BCUT2D eigenvalue weighted by Gasteiger charge is -2.33. The lowest BCUT2D eigenvalue weighted by Crippen LogP contribution is -2.44. The molecule has 0 saturated carbocycles. The number of hydrogen-bond donors (Lipinski definition) is 0. The van der Waals surface area contributed by atoms with E-state index in [2.05, 4.69) is 33.3 Å². The van der Waals surface area contributed by atoms with Gasteiger partial charge in [0.1, 0.15) is 16.6 Å². The van der Waals surface area contributed by atoms with E-state index >= 15 is 0 Å². The van der Waals surface area contributed by atoms with Crippen molar-refractivity contribution >= 4 is 17.2 Å². The number of aromatic nitrogens is 2. The summed E-state index contributed by atoms with van der Waals surface area (Å²) in [4.78, 5) is 14.1. The van der Waals surface area contributed by atoms with Gasteiger partial charge < -0.3 is 14.5 Å². The van der Waals surface area contributed by atoms with E-state index in [4.69, 9.17) is 9.72 Å². The molecule has 4 rings (SSSR count). The number of thiazole rings is 1. The van der Waals surface area contributed by atoms with Crippen LogP contribution in [0.2, 0.25) is 0 Å². The van der Waals surface area contributed by atoms with Gasteiger partial charge in [-0.15, -0.1) is 11.3 Å². The first-order chi connectivity index (χ1) is 12.7. The molecule has 5 nitrogen and oxygen atoms in total. The average molecular weight is 366 g/mol. The van der Waals surface area contributed by atoms with Crippen molar-refractivity contribution in [3.8, 4) is 27.6 Å². The molecule has 0 radical (unpaired) electrons. The Labute approximate surface area is 157 Å². The number of rotatable bonds is 4. The fourth-order valence-electron chi connectivity index (χ4n) is 3.15. The van der Waals surface area contributed by atoms with Crippen molar-refractivity contribution < 1.29 is 4.74 Å². The molecule has 0 atom stereocenters. The minimum absolute atomic E-state index is 0.845. The SMILES string of the molecule is COc1ccccc1-c1csc(-c2ccnc(N3CCN(C)CC3)c2)n1.